The van der Waals surface area contributed by atoms with Gasteiger partial charge < -0.3 is 0 Å². The Bertz CT molecular complexity index is 847. The first-order valence-electron chi connectivity index (χ1n) is 5.46. The average Bonchev–Trinajstić information content (AvgIpc) is 2.85. The zero-order valence-electron chi connectivity index (χ0n) is 10.7. The van der Waals surface area contributed by atoms with E-state index < -0.39 is 20.0 Å². The van der Waals surface area contributed by atoms with E-state index in [0.717, 1.165) is 12.5 Å². The standard InChI is InChI=1S/C10H11ClN4O4S2/c1-20(16,17)14-7-2-3-9(11)10(4-7)15-21(18,19)8-5-12-13-6-8/h2-6,14-15H,1H3,(H,12,13). The van der Waals surface area contributed by atoms with Gasteiger partial charge in [-0.3, -0.25) is 14.5 Å². The van der Waals surface area contributed by atoms with E-state index in [1.807, 2.05) is 0 Å². The molecule has 21 heavy (non-hydrogen) atoms. The number of halogens is 1. The zero-order valence-corrected chi connectivity index (χ0v) is 13.1. The molecule has 0 aliphatic heterocycles. The van der Waals surface area contributed by atoms with E-state index in [1.165, 1.54) is 24.4 Å². The molecule has 1 heterocycles. The molecule has 0 unspecified atom stereocenters. The minimum Gasteiger partial charge on any atom is -0.284 e. The molecule has 11 heteroatoms. The SMILES string of the molecule is CS(=O)(=O)Nc1ccc(Cl)c(NS(=O)(=O)c2cn[nH]c2)c1. The molecule has 0 atom stereocenters. The zero-order chi connectivity index (χ0) is 15.7. The van der Waals surface area contributed by atoms with Gasteiger partial charge in [0.2, 0.25) is 10.0 Å². The Kier molecular flexibility index (Phi) is 4.12. The highest BCUT2D eigenvalue weighted by molar-refractivity contribution is 7.92. The van der Waals surface area contributed by atoms with Gasteiger partial charge in [0.25, 0.3) is 10.0 Å². The monoisotopic (exact) mass is 350 g/mol. The fraction of sp³-hybridized carbons (Fsp3) is 0.100. The minimum absolute atomic E-state index is 0.0477. The molecule has 0 amide bonds. The number of rotatable bonds is 5. The van der Waals surface area contributed by atoms with Crippen LogP contribution in [0.1, 0.15) is 0 Å². The van der Waals surface area contributed by atoms with E-state index in [2.05, 4.69) is 19.6 Å². The van der Waals surface area contributed by atoms with Gasteiger partial charge in [0.05, 0.1) is 28.9 Å². The van der Waals surface area contributed by atoms with Crippen LogP contribution in [0.3, 0.4) is 0 Å². The summed E-state index contributed by atoms with van der Waals surface area (Å²) in [6.45, 7) is 0. The van der Waals surface area contributed by atoms with Crippen LogP contribution in [0.2, 0.25) is 5.02 Å². The second-order valence-corrected chi connectivity index (χ2v) is 7.95. The van der Waals surface area contributed by atoms with Crippen LogP contribution in [0.25, 0.3) is 0 Å². The van der Waals surface area contributed by atoms with Crippen molar-refractivity contribution in [2.75, 3.05) is 15.7 Å². The Morgan fingerprint density at radius 1 is 1.19 bits per heavy atom. The number of nitrogens with zero attached hydrogens (tertiary/aromatic N) is 1. The highest BCUT2D eigenvalue weighted by Gasteiger charge is 2.17. The third kappa shape index (κ3) is 4.09. The second kappa shape index (κ2) is 5.54. The van der Waals surface area contributed by atoms with Crippen LogP contribution in [0.5, 0.6) is 0 Å². The fourth-order valence-electron chi connectivity index (χ4n) is 1.47. The van der Waals surface area contributed by atoms with Crippen LogP contribution in [0, 0.1) is 0 Å². The lowest BCUT2D eigenvalue weighted by Gasteiger charge is -2.10. The topological polar surface area (TPSA) is 121 Å². The Labute approximate surface area is 126 Å². The average molecular weight is 351 g/mol. The predicted molar refractivity (Wildman–Crippen MR) is 79.3 cm³/mol. The van der Waals surface area contributed by atoms with E-state index in [1.54, 1.807) is 0 Å². The number of anilines is 2. The van der Waals surface area contributed by atoms with E-state index >= 15 is 0 Å². The molecular formula is C10H11ClN4O4S2. The Balaban J connectivity index is 2.34. The first-order valence-corrected chi connectivity index (χ1v) is 9.21. The molecule has 0 bridgehead atoms. The maximum Gasteiger partial charge on any atom is 0.265 e. The second-order valence-electron chi connectivity index (χ2n) is 4.11. The summed E-state index contributed by atoms with van der Waals surface area (Å²) in [7, 11) is -7.34. The summed E-state index contributed by atoms with van der Waals surface area (Å²) < 4.78 is 50.9. The van der Waals surface area contributed by atoms with Crippen molar-refractivity contribution in [3.05, 3.63) is 35.6 Å². The first kappa shape index (κ1) is 15.6. The third-order valence-electron chi connectivity index (χ3n) is 2.30. The summed E-state index contributed by atoms with van der Waals surface area (Å²) in [6, 6.07) is 4.07. The van der Waals surface area contributed by atoms with Crippen LogP contribution < -0.4 is 9.44 Å². The normalized spacial score (nSPS) is 12.1. The number of sulfonamides is 2. The number of H-pyrrole nitrogens is 1. The summed E-state index contributed by atoms with van der Waals surface area (Å²) in [5.74, 6) is 0. The van der Waals surface area contributed by atoms with Gasteiger partial charge in [-0.1, -0.05) is 11.6 Å². The molecule has 0 saturated heterocycles. The number of aromatic nitrogens is 2. The summed E-state index contributed by atoms with van der Waals surface area (Å²) in [5.41, 5.74) is 0.235. The molecule has 0 aliphatic carbocycles. The van der Waals surface area contributed by atoms with Gasteiger partial charge in [0.1, 0.15) is 4.90 Å². The Morgan fingerprint density at radius 3 is 2.48 bits per heavy atom. The van der Waals surface area contributed by atoms with Crippen molar-refractivity contribution < 1.29 is 16.8 Å². The van der Waals surface area contributed by atoms with Crippen molar-refractivity contribution in [3.63, 3.8) is 0 Å². The largest absolute Gasteiger partial charge is 0.284 e. The van der Waals surface area contributed by atoms with Gasteiger partial charge in [0.15, 0.2) is 0 Å². The highest BCUT2D eigenvalue weighted by Crippen LogP contribution is 2.28. The van der Waals surface area contributed by atoms with Gasteiger partial charge >= 0.3 is 0 Å². The molecule has 2 aromatic rings. The molecule has 2 rings (SSSR count). The number of hydrogen-bond donors (Lipinski definition) is 3. The lowest BCUT2D eigenvalue weighted by Crippen LogP contribution is -2.14. The number of benzene rings is 1. The number of nitrogens with one attached hydrogen (secondary N) is 3. The van der Waals surface area contributed by atoms with Crippen molar-refractivity contribution in [2.24, 2.45) is 0 Å². The summed E-state index contributed by atoms with van der Waals surface area (Å²) in [6.07, 6.45) is 3.32. The lowest BCUT2D eigenvalue weighted by molar-refractivity contribution is 0.601. The van der Waals surface area contributed by atoms with E-state index in [4.69, 9.17) is 11.6 Å². The van der Waals surface area contributed by atoms with Gasteiger partial charge in [-0.15, -0.1) is 0 Å². The van der Waals surface area contributed by atoms with Crippen molar-refractivity contribution in [3.8, 4) is 0 Å². The van der Waals surface area contributed by atoms with E-state index in [9.17, 15) is 16.8 Å². The van der Waals surface area contributed by atoms with Crippen LogP contribution in [-0.4, -0.2) is 33.3 Å². The van der Waals surface area contributed by atoms with Gasteiger partial charge in [-0.2, -0.15) is 5.10 Å². The van der Waals surface area contributed by atoms with Crippen molar-refractivity contribution in [2.45, 2.75) is 4.90 Å². The Hall–Kier alpha value is -1.78. The molecule has 0 spiro atoms. The minimum atomic E-state index is -3.86. The molecule has 0 saturated carbocycles. The molecule has 0 fully saturated rings. The molecule has 0 radical (unpaired) electrons. The maximum absolute atomic E-state index is 12.0. The van der Waals surface area contributed by atoms with Crippen molar-refractivity contribution >= 4 is 43.0 Å². The molecule has 8 nitrogen and oxygen atoms in total. The van der Waals surface area contributed by atoms with Crippen LogP contribution >= 0.6 is 11.6 Å². The smallest absolute Gasteiger partial charge is 0.265 e. The third-order valence-corrected chi connectivity index (χ3v) is 4.57. The lowest BCUT2D eigenvalue weighted by atomic mass is 10.3. The van der Waals surface area contributed by atoms with Crippen molar-refractivity contribution in [1.82, 2.24) is 10.2 Å². The molecule has 114 valence electrons. The van der Waals surface area contributed by atoms with Crippen LogP contribution in [0.4, 0.5) is 11.4 Å². The van der Waals surface area contributed by atoms with Crippen molar-refractivity contribution in [1.29, 1.82) is 0 Å². The first-order chi connectivity index (χ1) is 9.67. The maximum atomic E-state index is 12.0. The predicted octanol–water partition coefficient (Wildman–Crippen LogP) is 1.24. The summed E-state index contributed by atoms with van der Waals surface area (Å²) in [4.78, 5) is -0.0694. The van der Waals surface area contributed by atoms with Gasteiger partial charge in [0, 0.05) is 6.20 Å². The van der Waals surface area contributed by atoms with E-state index in [0.29, 0.717) is 0 Å². The molecule has 1 aromatic carbocycles. The molecular weight excluding hydrogens is 340 g/mol. The van der Waals surface area contributed by atoms with Gasteiger partial charge in [-0.25, -0.2) is 16.8 Å². The fourth-order valence-corrected chi connectivity index (χ4v) is 3.22. The summed E-state index contributed by atoms with van der Waals surface area (Å²) >= 11 is 5.91. The van der Waals surface area contributed by atoms with E-state index in [-0.39, 0.29) is 21.3 Å². The summed E-state index contributed by atoms with van der Waals surface area (Å²) in [5, 5.41) is 6.06. The number of aromatic amines is 1. The molecule has 1 aromatic heterocycles. The number of hydrogen-bond acceptors (Lipinski definition) is 5. The van der Waals surface area contributed by atoms with Crippen LogP contribution in [-0.2, 0) is 20.0 Å². The molecule has 0 aliphatic rings. The quantitative estimate of drug-likeness (QED) is 0.749. The Morgan fingerprint density at radius 2 is 1.90 bits per heavy atom. The van der Waals surface area contributed by atoms with Gasteiger partial charge in [-0.05, 0) is 18.2 Å². The molecule has 3 N–H and O–H groups in total. The van der Waals surface area contributed by atoms with Crippen LogP contribution in [0.15, 0.2) is 35.5 Å². The highest BCUT2D eigenvalue weighted by atomic mass is 35.5.